The van der Waals surface area contributed by atoms with Crippen molar-refractivity contribution in [3.8, 4) is 17.4 Å². The minimum Gasteiger partial charge on any atom is -0.494 e. The van der Waals surface area contributed by atoms with E-state index in [9.17, 15) is 10.2 Å². The fourth-order valence-electron chi connectivity index (χ4n) is 1.53. The van der Waals surface area contributed by atoms with E-state index in [-0.39, 0.29) is 11.8 Å². The molecule has 0 fully saturated rings. The van der Waals surface area contributed by atoms with Crippen molar-refractivity contribution in [1.82, 2.24) is 4.57 Å². The van der Waals surface area contributed by atoms with Gasteiger partial charge in [-0.25, -0.2) is 4.57 Å². The van der Waals surface area contributed by atoms with Crippen molar-refractivity contribution < 1.29 is 10.2 Å². The average Bonchev–Trinajstić information content (AvgIpc) is 2.58. The lowest BCUT2D eigenvalue weighted by molar-refractivity contribution is 0.401. The van der Waals surface area contributed by atoms with Crippen LogP contribution in [-0.4, -0.2) is 14.8 Å². The maximum atomic E-state index is 9.95. The lowest BCUT2D eigenvalue weighted by atomic mass is 10.3. The zero-order chi connectivity index (χ0) is 12.6. The molecule has 0 aliphatic carbocycles. The molecule has 1 heterocycles. The van der Waals surface area contributed by atoms with Gasteiger partial charge in [-0.3, -0.25) is 0 Å². The lowest BCUT2D eigenvalue weighted by Gasteiger charge is -2.09. The summed E-state index contributed by atoms with van der Waals surface area (Å²) in [5, 5.41) is 21.0. The van der Waals surface area contributed by atoms with Gasteiger partial charge in [-0.1, -0.05) is 39.1 Å². The second-order valence-corrected chi connectivity index (χ2v) is 4.82. The van der Waals surface area contributed by atoms with Crippen LogP contribution in [0.5, 0.6) is 11.8 Å². The van der Waals surface area contributed by atoms with E-state index in [4.69, 9.17) is 23.2 Å². The van der Waals surface area contributed by atoms with Gasteiger partial charge in [-0.05, 0) is 18.2 Å². The Labute approximate surface area is 116 Å². The number of alkyl halides is 1. The number of benzene rings is 1. The SMILES string of the molecule is Oc1cc(CBr)c(O)n1-c1cc(Cl)ccc1Cl. The molecule has 0 aliphatic heterocycles. The van der Waals surface area contributed by atoms with Crippen molar-refractivity contribution in [1.29, 1.82) is 0 Å². The zero-order valence-electron chi connectivity index (χ0n) is 8.49. The van der Waals surface area contributed by atoms with Crippen molar-refractivity contribution >= 4 is 39.1 Å². The van der Waals surface area contributed by atoms with E-state index in [2.05, 4.69) is 15.9 Å². The summed E-state index contributed by atoms with van der Waals surface area (Å²) in [6.07, 6.45) is 0. The van der Waals surface area contributed by atoms with E-state index in [1.807, 2.05) is 0 Å². The fourth-order valence-corrected chi connectivity index (χ4v) is 2.31. The Balaban J connectivity index is 2.68. The van der Waals surface area contributed by atoms with Gasteiger partial charge < -0.3 is 10.2 Å². The van der Waals surface area contributed by atoms with Gasteiger partial charge in [0.2, 0.25) is 5.88 Å². The number of nitrogens with zero attached hydrogens (tertiary/aromatic N) is 1. The third kappa shape index (κ3) is 2.25. The first-order valence-corrected chi connectivity index (χ1v) is 6.56. The number of halogens is 3. The first-order chi connectivity index (χ1) is 8.04. The second kappa shape index (κ2) is 4.80. The smallest absolute Gasteiger partial charge is 0.202 e. The molecule has 3 nitrogen and oxygen atoms in total. The number of aromatic hydroxyl groups is 2. The fraction of sp³-hybridized carbons (Fsp3) is 0.0909. The van der Waals surface area contributed by atoms with Gasteiger partial charge in [-0.2, -0.15) is 0 Å². The van der Waals surface area contributed by atoms with Gasteiger partial charge in [0.15, 0.2) is 5.88 Å². The summed E-state index contributed by atoms with van der Waals surface area (Å²) in [6.45, 7) is 0. The molecule has 0 saturated heterocycles. The summed E-state index contributed by atoms with van der Waals surface area (Å²) in [5.74, 6) is -0.162. The normalized spacial score (nSPS) is 10.8. The molecule has 6 heteroatoms. The summed E-state index contributed by atoms with van der Waals surface area (Å²) < 4.78 is 1.24. The Kier molecular flexibility index (Phi) is 3.56. The largest absolute Gasteiger partial charge is 0.494 e. The molecule has 0 bridgehead atoms. The Morgan fingerprint density at radius 1 is 1.18 bits per heavy atom. The van der Waals surface area contributed by atoms with E-state index in [0.717, 1.165) is 0 Å². The van der Waals surface area contributed by atoms with Crippen LogP contribution in [-0.2, 0) is 5.33 Å². The highest BCUT2D eigenvalue weighted by Crippen LogP contribution is 2.36. The molecule has 0 aliphatic rings. The number of aromatic nitrogens is 1. The van der Waals surface area contributed by atoms with Gasteiger partial charge in [-0.15, -0.1) is 0 Å². The van der Waals surface area contributed by atoms with Crippen LogP contribution in [0.2, 0.25) is 10.0 Å². The van der Waals surface area contributed by atoms with E-state index >= 15 is 0 Å². The molecule has 0 amide bonds. The van der Waals surface area contributed by atoms with Crippen LogP contribution in [0.3, 0.4) is 0 Å². The molecule has 17 heavy (non-hydrogen) atoms. The standard InChI is InChI=1S/C11H8BrCl2NO2/c12-5-6-3-10(16)15(11(6)17)9-4-7(13)1-2-8(9)14/h1-4,16-17H,5H2. The molecular weight excluding hydrogens is 329 g/mol. The van der Waals surface area contributed by atoms with Gasteiger partial charge >= 0.3 is 0 Å². The van der Waals surface area contributed by atoms with Gasteiger partial charge in [0.05, 0.1) is 10.7 Å². The Morgan fingerprint density at radius 2 is 1.88 bits per heavy atom. The van der Waals surface area contributed by atoms with Crippen LogP contribution in [0.25, 0.3) is 5.69 Å². The van der Waals surface area contributed by atoms with Crippen molar-refractivity contribution in [3.05, 3.63) is 39.9 Å². The first kappa shape index (κ1) is 12.6. The highest BCUT2D eigenvalue weighted by Gasteiger charge is 2.16. The summed E-state index contributed by atoms with van der Waals surface area (Å²) >= 11 is 15.1. The highest BCUT2D eigenvalue weighted by molar-refractivity contribution is 9.08. The third-order valence-corrected chi connectivity index (χ3v) is 3.48. The van der Waals surface area contributed by atoms with E-state index in [1.54, 1.807) is 18.2 Å². The maximum Gasteiger partial charge on any atom is 0.202 e. The van der Waals surface area contributed by atoms with Gasteiger partial charge in [0, 0.05) is 22.0 Å². The third-order valence-electron chi connectivity index (χ3n) is 2.32. The van der Waals surface area contributed by atoms with E-state index in [1.165, 1.54) is 10.6 Å². The predicted octanol–water partition coefficient (Wildman–Crippen LogP) is 4.09. The van der Waals surface area contributed by atoms with Crippen LogP contribution in [0.4, 0.5) is 0 Å². The van der Waals surface area contributed by atoms with Crippen molar-refractivity contribution in [2.24, 2.45) is 0 Å². The molecule has 2 N–H and O–H groups in total. The molecule has 2 rings (SSSR count). The molecule has 0 saturated carbocycles. The molecule has 1 aromatic heterocycles. The van der Waals surface area contributed by atoms with Crippen molar-refractivity contribution in [2.45, 2.75) is 5.33 Å². The molecule has 2 aromatic rings. The van der Waals surface area contributed by atoms with Gasteiger partial charge in [0.1, 0.15) is 0 Å². The maximum absolute atomic E-state index is 9.95. The molecule has 1 aromatic carbocycles. The molecule has 0 atom stereocenters. The average molecular weight is 337 g/mol. The van der Waals surface area contributed by atoms with Gasteiger partial charge in [0.25, 0.3) is 0 Å². The summed E-state index contributed by atoms with van der Waals surface area (Å²) in [5.41, 5.74) is 1.000. The summed E-state index contributed by atoms with van der Waals surface area (Å²) in [6, 6.07) is 6.27. The van der Waals surface area contributed by atoms with Crippen LogP contribution >= 0.6 is 39.1 Å². The highest BCUT2D eigenvalue weighted by atomic mass is 79.9. The monoisotopic (exact) mass is 335 g/mol. The Morgan fingerprint density at radius 3 is 2.47 bits per heavy atom. The number of rotatable bonds is 2. The first-order valence-electron chi connectivity index (χ1n) is 4.68. The lowest BCUT2D eigenvalue weighted by Crippen LogP contribution is -1.94. The zero-order valence-corrected chi connectivity index (χ0v) is 11.6. The van der Waals surface area contributed by atoms with E-state index < -0.39 is 0 Å². The quantitative estimate of drug-likeness (QED) is 0.811. The summed E-state index contributed by atoms with van der Waals surface area (Å²) in [7, 11) is 0. The van der Waals surface area contributed by atoms with Crippen LogP contribution in [0, 0.1) is 0 Å². The van der Waals surface area contributed by atoms with Crippen LogP contribution in [0.15, 0.2) is 24.3 Å². The molecule has 90 valence electrons. The molecule has 0 spiro atoms. The van der Waals surface area contributed by atoms with Crippen LogP contribution < -0.4 is 0 Å². The molecule has 0 unspecified atom stereocenters. The number of hydrogen-bond acceptors (Lipinski definition) is 2. The Bertz CT molecular complexity index is 569. The topological polar surface area (TPSA) is 45.4 Å². The van der Waals surface area contributed by atoms with Crippen LogP contribution in [0.1, 0.15) is 5.56 Å². The van der Waals surface area contributed by atoms with Crippen molar-refractivity contribution in [2.75, 3.05) is 0 Å². The van der Waals surface area contributed by atoms with Crippen molar-refractivity contribution in [3.63, 3.8) is 0 Å². The summed E-state index contributed by atoms with van der Waals surface area (Å²) in [4.78, 5) is 0. The molecule has 0 radical (unpaired) electrons. The Hall–Kier alpha value is -0.840. The second-order valence-electron chi connectivity index (χ2n) is 3.42. The predicted molar refractivity (Wildman–Crippen MR) is 71.7 cm³/mol. The number of hydrogen-bond donors (Lipinski definition) is 2. The minimum absolute atomic E-state index is 0.0662. The molecular formula is C11H8BrCl2NO2. The van der Waals surface area contributed by atoms with E-state index in [0.29, 0.717) is 26.6 Å². The minimum atomic E-state index is -0.0962.